The van der Waals surface area contributed by atoms with E-state index in [1.54, 1.807) is 29.2 Å². The first-order valence-corrected chi connectivity index (χ1v) is 8.39. The Balaban J connectivity index is 1.43. The van der Waals surface area contributed by atoms with Gasteiger partial charge in [-0.1, -0.05) is 24.3 Å². The van der Waals surface area contributed by atoms with Crippen LogP contribution in [0.4, 0.5) is 4.39 Å². The van der Waals surface area contributed by atoms with Crippen LogP contribution >= 0.6 is 0 Å². The van der Waals surface area contributed by atoms with Gasteiger partial charge in [0.2, 0.25) is 5.89 Å². The molecule has 1 aliphatic rings. The molecule has 1 aromatic heterocycles. The van der Waals surface area contributed by atoms with Gasteiger partial charge in [-0.15, -0.1) is 0 Å². The molecule has 0 atom stereocenters. The third-order valence-corrected chi connectivity index (χ3v) is 4.24. The Morgan fingerprint density at radius 3 is 2.85 bits per heavy atom. The van der Waals surface area contributed by atoms with Gasteiger partial charge in [-0.2, -0.15) is 0 Å². The third-order valence-electron chi connectivity index (χ3n) is 4.24. The van der Waals surface area contributed by atoms with E-state index in [1.165, 1.54) is 12.1 Å². The van der Waals surface area contributed by atoms with E-state index in [0.29, 0.717) is 42.5 Å². The molecule has 1 amide bonds. The molecule has 2 aromatic carbocycles. The Hall–Kier alpha value is -3.15. The molecule has 0 radical (unpaired) electrons. The Morgan fingerprint density at radius 2 is 2.04 bits per heavy atom. The van der Waals surface area contributed by atoms with Gasteiger partial charge < -0.3 is 14.1 Å². The summed E-state index contributed by atoms with van der Waals surface area (Å²) in [6, 6.07) is 15.1. The maximum Gasteiger partial charge on any atom is 0.254 e. The molecule has 2 heterocycles. The average Bonchev–Trinajstić information content (AvgIpc) is 3.08. The molecule has 6 heteroatoms. The molecule has 0 saturated carbocycles. The highest BCUT2D eigenvalue weighted by Gasteiger charge is 2.26. The molecule has 3 aromatic rings. The zero-order valence-corrected chi connectivity index (χ0v) is 14.0. The van der Waals surface area contributed by atoms with Gasteiger partial charge in [-0.3, -0.25) is 4.79 Å². The number of ether oxygens (including phenoxy) is 1. The molecule has 0 spiro atoms. The minimum absolute atomic E-state index is 0.0230. The minimum Gasteiger partial charge on any atom is -0.484 e. The quantitative estimate of drug-likeness (QED) is 0.720. The van der Waals surface area contributed by atoms with Crippen LogP contribution in [0.1, 0.15) is 27.7 Å². The van der Waals surface area contributed by atoms with Crippen LogP contribution in [0.25, 0.3) is 0 Å². The number of rotatable bonds is 4. The number of oxazole rings is 1. The fraction of sp³-hybridized carbons (Fsp3) is 0.200. The van der Waals surface area contributed by atoms with Crippen molar-refractivity contribution in [2.45, 2.75) is 19.6 Å². The van der Waals surface area contributed by atoms with Crippen molar-refractivity contribution in [1.82, 2.24) is 9.88 Å². The monoisotopic (exact) mass is 352 g/mol. The summed E-state index contributed by atoms with van der Waals surface area (Å²) >= 11 is 0. The third kappa shape index (κ3) is 3.44. The SMILES string of the molecule is O=C(c1ccccc1)N1CCc2nc(COc3cccc(F)c3)oc2C1. The van der Waals surface area contributed by atoms with Crippen molar-refractivity contribution in [3.8, 4) is 5.75 Å². The topological polar surface area (TPSA) is 55.6 Å². The van der Waals surface area contributed by atoms with Gasteiger partial charge in [0.05, 0.1) is 12.2 Å². The summed E-state index contributed by atoms with van der Waals surface area (Å²) in [4.78, 5) is 18.7. The number of nitrogens with zero attached hydrogens (tertiary/aromatic N) is 2. The molecule has 0 fully saturated rings. The summed E-state index contributed by atoms with van der Waals surface area (Å²) in [5.41, 5.74) is 1.50. The van der Waals surface area contributed by atoms with Crippen LogP contribution in [0.15, 0.2) is 59.0 Å². The first-order valence-electron chi connectivity index (χ1n) is 8.39. The standard InChI is InChI=1S/C20H17FN2O3/c21-15-7-4-8-16(11-15)25-13-19-22-17-9-10-23(12-18(17)26-19)20(24)14-5-2-1-3-6-14/h1-8,11H,9-10,12-13H2. The molecule has 0 N–H and O–H groups in total. The van der Waals surface area contributed by atoms with E-state index < -0.39 is 0 Å². The number of hydrogen-bond acceptors (Lipinski definition) is 4. The van der Waals surface area contributed by atoms with Gasteiger partial charge in [0.25, 0.3) is 5.91 Å². The molecular formula is C20H17FN2O3. The van der Waals surface area contributed by atoms with E-state index in [1.807, 2.05) is 18.2 Å². The van der Waals surface area contributed by atoms with Crippen molar-refractivity contribution >= 4 is 5.91 Å². The number of aromatic nitrogens is 1. The number of carbonyl (C=O) groups excluding carboxylic acids is 1. The van der Waals surface area contributed by atoms with Crippen molar-refractivity contribution < 1.29 is 18.3 Å². The molecule has 0 bridgehead atoms. The van der Waals surface area contributed by atoms with Gasteiger partial charge >= 0.3 is 0 Å². The van der Waals surface area contributed by atoms with E-state index in [2.05, 4.69) is 4.98 Å². The Bertz CT molecular complexity index is 924. The first kappa shape index (κ1) is 16.3. The van der Waals surface area contributed by atoms with E-state index in [-0.39, 0.29) is 18.3 Å². The second-order valence-corrected chi connectivity index (χ2v) is 6.07. The van der Waals surface area contributed by atoms with Crippen LogP contribution in [-0.4, -0.2) is 22.3 Å². The maximum atomic E-state index is 13.2. The van der Waals surface area contributed by atoms with E-state index in [4.69, 9.17) is 9.15 Å². The highest BCUT2D eigenvalue weighted by molar-refractivity contribution is 5.94. The van der Waals surface area contributed by atoms with Crippen LogP contribution < -0.4 is 4.74 Å². The Kier molecular flexibility index (Phi) is 4.39. The maximum absolute atomic E-state index is 13.2. The summed E-state index contributed by atoms with van der Waals surface area (Å²) in [5.74, 6) is 1.14. The second-order valence-electron chi connectivity index (χ2n) is 6.07. The summed E-state index contributed by atoms with van der Waals surface area (Å²) in [5, 5.41) is 0. The van der Waals surface area contributed by atoms with Crippen molar-refractivity contribution in [3.05, 3.63) is 83.3 Å². The number of carbonyl (C=O) groups is 1. The van der Waals surface area contributed by atoms with Gasteiger partial charge in [0.15, 0.2) is 6.61 Å². The number of amides is 1. The lowest BCUT2D eigenvalue weighted by molar-refractivity contribution is 0.0718. The molecule has 0 aliphatic carbocycles. The fourth-order valence-electron chi connectivity index (χ4n) is 2.95. The molecular weight excluding hydrogens is 335 g/mol. The van der Waals surface area contributed by atoms with Gasteiger partial charge in [-0.25, -0.2) is 9.37 Å². The van der Waals surface area contributed by atoms with E-state index in [0.717, 1.165) is 5.69 Å². The van der Waals surface area contributed by atoms with Crippen LogP contribution in [-0.2, 0) is 19.6 Å². The van der Waals surface area contributed by atoms with Crippen LogP contribution in [0, 0.1) is 5.82 Å². The van der Waals surface area contributed by atoms with Gasteiger partial charge in [0.1, 0.15) is 17.3 Å². The first-order chi connectivity index (χ1) is 12.7. The summed E-state index contributed by atoms with van der Waals surface area (Å²) < 4.78 is 24.4. The molecule has 1 aliphatic heterocycles. The lowest BCUT2D eigenvalue weighted by atomic mass is 10.1. The summed E-state index contributed by atoms with van der Waals surface area (Å²) in [7, 11) is 0. The molecule has 0 unspecified atom stereocenters. The Morgan fingerprint density at radius 1 is 1.19 bits per heavy atom. The zero-order valence-electron chi connectivity index (χ0n) is 14.0. The number of hydrogen-bond donors (Lipinski definition) is 0. The second kappa shape index (κ2) is 7.00. The van der Waals surface area contributed by atoms with Crippen LogP contribution in [0.2, 0.25) is 0 Å². The van der Waals surface area contributed by atoms with Crippen LogP contribution in [0.3, 0.4) is 0 Å². The lowest BCUT2D eigenvalue weighted by Gasteiger charge is -2.25. The predicted octanol–water partition coefficient (Wildman–Crippen LogP) is 3.59. The Labute approximate surface area is 150 Å². The summed E-state index contributed by atoms with van der Waals surface area (Å²) in [6.45, 7) is 1.09. The minimum atomic E-state index is -0.357. The normalized spacial score (nSPS) is 13.3. The number of benzene rings is 2. The zero-order chi connectivity index (χ0) is 17.9. The van der Waals surface area contributed by atoms with Gasteiger partial charge in [-0.05, 0) is 24.3 Å². The molecule has 26 heavy (non-hydrogen) atoms. The van der Waals surface area contributed by atoms with Crippen molar-refractivity contribution in [3.63, 3.8) is 0 Å². The van der Waals surface area contributed by atoms with Gasteiger partial charge in [0, 0.05) is 24.6 Å². The van der Waals surface area contributed by atoms with E-state index >= 15 is 0 Å². The number of halogens is 1. The highest BCUT2D eigenvalue weighted by atomic mass is 19.1. The lowest BCUT2D eigenvalue weighted by Crippen LogP contribution is -2.35. The molecule has 132 valence electrons. The van der Waals surface area contributed by atoms with Crippen molar-refractivity contribution in [1.29, 1.82) is 0 Å². The number of fused-ring (bicyclic) bond motifs is 1. The smallest absolute Gasteiger partial charge is 0.254 e. The molecule has 0 saturated heterocycles. The van der Waals surface area contributed by atoms with Crippen molar-refractivity contribution in [2.24, 2.45) is 0 Å². The fourth-order valence-corrected chi connectivity index (χ4v) is 2.95. The largest absolute Gasteiger partial charge is 0.484 e. The highest BCUT2D eigenvalue weighted by Crippen LogP contribution is 2.22. The predicted molar refractivity (Wildman–Crippen MR) is 92.1 cm³/mol. The average molecular weight is 352 g/mol. The molecule has 4 rings (SSSR count). The summed E-state index contributed by atoms with van der Waals surface area (Å²) in [6.07, 6.45) is 0.636. The molecule has 5 nitrogen and oxygen atoms in total. The van der Waals surface area contributed by atoms with Crippen LogP contribution in [0.5, 0.6) is 5.75 Å². The van der Waals surface area contributed by atoms with Crippen molar-refractivity contribution in [2.75, 3.05) is 6.54 Å². The van der Waals surface area contributed by atoms with E-state index in [9.17, 15) is 9.18 Å².